The van der Waals surface area contributed by atoms with Crippen molar-refractivity contribution in [1.29, 1.82) is 0 Å². The van der Waals surface area contributed by atoms with Crippen molar-refractivity contribution in [1.82, 2.24) is 0 Å². The van der Waals surface area contributed by atoms with Gasteiger partial charge in [0.15, 0.2) is 0 Å². The number of hydrogen-bond donors (Lipinski definition) is 2. The van der Waals surface area contributed by atoms with E-state index in [0.717, 1.165) is 23.3 Å². The van der Waals surface area contributed by atoms with E-state index in [1.807, 2.05) is 18.2 Å². The van der Waals surface area contributed by atoms with Gasteiger partial charge in [-0.3, -0.25) is 4.79 Å². The SMILES string of the molecule is CCc1cc(C(N)C2CC2C(=O)O)ccc1OC. The summed E-state index contributed by atoms with van der Waals surface area (Å²) < 4.78 is 5.27. The van der Waals surface area contributed by atoms with Crippen LogP contribution in [-0.2, 0) is 11.2 Å². The van der Waals surface area contributed by atoms with Crippen molar-refractivity contribution in [3.05, 3.63) is 29.3 Å². The topological polar surface area (TPSA) is 72.6 Å². The van der Waals surface area contributed by atoms with Crippen LogP contribution in [0, 0.1) is 11.8 Å². The molecule has 1 aromatic rings. The Morgan fingerprint density at radius 2 is 2.33 bits per heavy atom. The fourth-order valence-corrected chi connectivity index (χ4v) is 2.42. The summed E-state index contributed by atoms with van der Waals surface area (Å²) in [4.78, 5) is 10.9. The highest BCUT2D eigenvalue weighted by molar-refractivity contribution is 5.73. The molecule has 0 aliphatic heterocycles. The Morgan fingerprint density at radius 3 is 2.83 bits per heavy atom. The van der Waals surface area contributed by atoms with Crippen LogP contribution in [0.5, 0.6) is 5.75 Å². The van der Waals surface area contributed by atoms with E-state index in [9.17, 15) is 4.79 Å². The van der Waals surface area contributed by atoms with Gasteiger partial charge in [0, 0.05) is 6.04 Å². The number of methoxy groups -OCH3 is 1. The number of rotatable bonds is 5. The van der Waals surface area contributed by atoms with Gasteiger partial charge in [-0.15, -0.1) is 0 Å². The van der Waals surface area contributed by atoms with Crippen LogP contribution in [0.3, 0.4) is 0 Å². The summed E-state index contributed by atoms with van der Waals surface area (Å²) in [7, 11) is 1.65. The Bertz CT molecular complexity index is 458. The zero-order valence-electron chi connectivity index (χ0n) is 10.7. The van der Waals surface area contributed by atoms with Gasteiger partial charge in [0.2, 0.25) is 0 Å². The molecule has 98 valence electrons. The van der Waals surface area contributed by atoms with Gasteiger partial charge in [-0.05, 0) is 36.0 Å². The van der Waals surface area contributed by atoms with E-state index in [2.05, 4.69) is 6.92 Å². The standard InChI is InChI=1S/C14H19NO3/c1-3-8-6-9(4-5-12(8)18-2)13(15)10-7-11(10)14(16)17/h4-6,10-11,13H,3,7,15H2,1-2H3,(H,16,17). The first-order chi connectivity index (χ1) is 8.58. The summed E-state index contributed by atoms with van der Waals surface area (Å²) in [6, 6.07) is 5.68. The lowest BCUT2D eigenvalue weighted by molar-refractivity contribution is -0.138. The van der Waals surface area contributed by atoms with Crippen molar-refractivity contribution in [3.63, 3.8) is 0 Å². The maximum absolute atomic E-state index is 10.9. The van der Waals surface area contributed by atoms with Gasteiger partial charge in [0.05, 0.1) is 13.0 Å². The highest BCUT2D eigenvalue weighted by Gasteiger charge is 2.47. The van der Waals surface area contributed by atoms with Gasteiger partial charge < -0.3 is 15.6 Å². The van der Waals surface area contributed by atoms with E-state index in [1.54, 1.807) is 7.11 Å². The van der Waals surface area contributed by atoms with Gasteiger partial charge >= 0.3 is 5.97 Å². The molecule has 1 aromatic carbocycles. The van der Waals surface area contributed by atoms with Crippen LogP contribution in [0.15, 0.2) is 18.2 Å². The van der Waals surface area contributed by atoms with Crippen LogP contribution in [0.2, 0.25) is 0 Å². The van der Waals surface area contributed by atoms with Crippen molar-refractivity contribution in [3.8, 4) is 5.75 Å². The molecule has 3 atom stereocenters. The van der Waals surface area contributed by atoms with Crippen LogP contribution in [0.1, 0.15) is 30.5 Å². The second kappa shape index (κ2) is 4.98. The molecule has 4 nitrogen and oxygen atoms in total. The van der Waals surface area contributed by atoms with E-state index in [0.29, 0.717) is 6.42 Å². The monoisotopic (exact) mass is 249 g/mol. The first-order valence-electron chi connectivity index (χ1n) is 6.23. The normalized spacial score (nSPS) is 23.5. The third-order valence-electron chi connectivity index (χ3n) is 3.69. The summed E-state index contributed by atoms with van der Waals surface area (Å²) in [5.74, 6) is -0.0773. The predicted octanol–water partition coefficient (Wildman–Crippen LogP) is 1.98. The molecule has 0 heterocycles. The second-order valence-corrected chi connectivity index (χ2v) is 4.79. The molecule has 2 rings (SSSR count). The average molecular weight is 249 g/mol. The van der Waals surface area contributed by atoms with E-state index < -0.39 is 5.97 Å². The smallest absolute Gasteiger partial charge is 0.306 e. The van der Waals surface area contributed by atoms with Crippen molar-refractivity contribution in [2.24, 2.45) is 17.6 Å². The first kappa shape index (κ1) is 12.9. The lowest BCUT2D eigenvalue weighted by atomic mass is 9.98. The first-order valence-corrected chi connectivity index (χ1v) is 6.23. The number of nitrogens with two attached hydrogens (primary N) is 1. The van der Waals surface area contributed by atoms with Crippen molar-refractivity contribution in [2.75, 3.05) is 7.11 Å². The Balaban J connectivity index is 2.16. The van der Waals surface area contributed by atoms with Crippen LogP contribution >= 0.6 is 0 Å². The Morgan fingerprint density at radius 1 is 1.61 bits per heavy atom. The molecule has 18 heavy (non-hydrogen) atoms. The Labute approximate surface area is 107 Å². The number of carboxylic acids is 1. The molecule has 0 bridgehead atoms. The largest absolute Gasteiger partial charge is 0.496 e. The lowest BCUT2D eigenvalue weighted by Crippen LogP contribution is -2.16. The predicted molar refractivity (Wildman–Crippen MR) is 68.5 cm³/mol. The minimum atomic E-state index is -0.736. The number of ether oxygens (including phenoxy) is 1. The summed E-state index contributed by atoms with van der Waals surface area (Å²) in [5.41, 5.74) is 8.25. The van der Waals surface area contributed by atoms with Gasteiger partial charge in [-0.25, -0.2) is 0 Å². The van der Waals surface area contributed by atoms with Crippen LogP contribution in [0.4, 0.5) is 0 Å². The molecule has 1 saturated carbocycles. The number of carboxylic acid groups (broad SMARTS) is 1. The van der Waals surface area contributed by atoms with E-state index >= 15 is 0 Å². The Hall–Kier alpha value is -1.55. The molecule has 0 saturated heterocycles. The van der Waals surface area contributed by atoms with E-state index in [-0.39, 0.29) is 17.9 Å². The molecule has 0 amide bonds. The number of carbonyl (C=O) groups is 1. The van der Waals surface area contributed by atoms with Gasteiger partial charge in [0.1, 0.15) is 5.75 Å². The van der Waals surface area contributed by atoms with Gasteiger partial charge in [0.25, 0.3) is 0 Å². The highest BCUT2D eigenvalue weighted by atomic mass is 16.5. The van der Waals surface area contributed by atoms with Crippen molar-refractivity contribution < 1.29 is 14.6 Å². The highest BCUT2D eigenvalue weighted by Crippen LogP contribution is 2.46. The maximum atomic E-state index is 10.9. The molecular weight excluding hydrogens is 230 g/mol. The molecule has 4 heteroatoms. The molecule has 1 aliphatic carbocycles. The van der Waals surface area contributed by atoms with Crippen LogP contribution in [0.25, 0.3) is 0 Å². The summed E-state index contributed by atoms with van der Waals surface area (Å²) in [6.45, 7) is 2.06. The molecule has 1 fully saturated rings. The molecule has 3 unspecified atom stereocenters. The molecule has 1 aliphatic rings. The van der Waals surface area contributed by atoms with Crippen molar-refractivity contribution >= 4 is 5.97 Å². The van der Waals surface area contributed by atoms with E-state index in [1.165, 1.54) is 0 Å². The zero-order valence-corrected chi connectivity index (χ0v) is 10.7. The molecule has 3 N–H and O–H groups in total. The minimum absolute atomic E-state index is 0.0700. The summed E-state index contributed by atoms with van der Waals surface area (Å²) >= 11 is 0. The number of aliphatic carboxylic acids is 1. The number of hydrogen-bond acceptors (Lipinski definition) is 3. The zero-order chi connectivity index (χ0) is 13.3. The maximum Gasteiger partial charge on any atom is 0.306 e. The third kappa shape index (κ3) is 2.34. The average Bonchev–Trinajstić information content (AvgIpc) is 3.17. The van der Waals surface area contributed by atoms with E-state index in [4.69, 9.17) is 15.6 Å². The van der Waals surface area contributed by atoms with Gasteiger partial charge in [-0.1, -0.05) is 19.1 Å². The van der Waals surface area contributed by atoms with Crippen molar-refractivity contribution in [2.45, 2.75) is 25.8 Å². The second-order valence-electron chi connectivity index (χ2n) is 4.79. The summed E-state index contributed by atoms with van der Waals surface area (Å²) in [5, 5.41) is 8.93. The molecule has 0 radical (unpaired) electrons. The number of aryl methyl sites for hydroxylation is 1. The fraction of sp³-hybridized carbons (Fsp3) is 0.500. The van der Waals surface area contributed by atoms with Gasteiger partial charge in [-0.2, -0.15) is 0 Å². The quantitative estimate of drug-likeness (QED) is 0.837. The lowest BCUT2D eigenvalue weighted by Gasteiger charge is -2.14. The number of benzene rings is 1. The van der Waals surface area contributed by atoms with Crippen LogP contribution < -0.4 is 10.5 Å². The molecular formula is C14H19NO3. The van der Waals surface area contributed by atoms with Crippen LogP contribution in [-0.4, -0.2) is 18.2 Å². The molecule has 0 aromatic heterocycles. The Kier molecular flexibility index (Phi) is 3.57. The molecule has 0 spiro atoms. The minimum Gasteiger partial charge on any atom is -0.496 e. The third-order valence-corrected chi connectivity index (χ3v) is 3.69. The summed E-state index contributed by atoms with van der Waals surface area (Å²) in [6.07, 6.45) is 1.56. The fourth-order valence-electron chi connectivity index (χ4n) is 2.42.